The molecule has 19 heavy (non-hydrogen) atoms. The third-order valence-electron chi connectivity index (χ3n) is 2.76. The highest BCUT2D eigenvalue weighted by atomic mass is 16.4. The molecule has 0 radical (unpaired) electrons. The van der Waals surface area contributed by atoms with E-state index in [1.165, 1.54) is 4.90 Å². The van der Waals surface area contributed by atoms with Gasteiger partial charge in [0.05, 0.1) is 0 Å². The van der Waals surface area contributed by atoms with E-state index in [0.717, 1.165) is 12.8 Å². The van der Waals surface area contributed by atoms with E-state index in [0.29, 0.717) is 26.1 Å². The molecule has 3 N–H and O–H groups in total. The Labute approximate surface area is 112 Å². The second-order valence-corrected chi connectivity index (χ2v) is 4.61. The van der Waals surface area contributed by atoms with Gasteiger partial charge in [-0.1, -0.05) is 6.92 Å². The standard InChI is InChI=1S/C12H21N3O4/c1-2-7-15(8-10(16)17)12(19)14-6-5-13-11(18)9-3-4-9/h9H,2-8H2,1H3,(H,13,18)(H,14,19)(H,16,17). The molecule has 0 aromatic rings. The molecule has 108 valence electrons. The highest BCUT2D eigenvalue weighted by molar-refractivity contribution is 5.81. The zero-order valence-electron chi connectivity index (χ0n) is 11.1. The molecule has 1 aliphatic carbocycles. The number of hydrogen-bond donors (Lipinski definition) is 3. The number of nitrogens with one attached hydrogen (secondary N) is 2. The lowest BCUT2D eigenvalue weighted by Gasteiger charge is -2.20. The molecule has 1 fully saturated rings. The SMILES string of the molecule is CCCN(CC(=O)O)C(=O)NCCNC(=O)C1CC1. The van der Waals surface area contributed by atoms with Gasteiger partial charge in [-0.15, -0.1) is 0 Å². The van der Waals surface area contributed by atoms with E-state index in [9.17, 15) is 14.4 Å². The number of hydrogen-bond acceptors (Lipinski definition) is 3. The molecule has 3 amide bonds. The summed E-state index contributed by atoms with van der Waals surface area (Å²) in [6.45, 7) is 2.63. The Morgan fingerprint density at radius 3 is 2.37 bits per heavy atom. The van der Waals surface area contributed by atoms with E-state index in [1.807, 2.05) is 6.92 Å². The minimum atomic E-state index is -1.04. The Morgan fingerprint density at radius 1 is 1.21 bits per heavy atom. The monoisotopic (exact) mass is 271 g/mol. The molecule has 1 aliphatic rings. The average Bonchev–Trinajstić information content (AvgIpc) is 3.17. The van der Waals surface area contributed by atoms with Gasteiger partial charge in [-0.25, -0.2) is 4.79 Å². The van der Waals surface area contributed by atoms with Crippen molar-refractivity contribution in [2.24, 2.45) is 5.92 Å². The third-order valence-corrected chi connectivity index (χ3v) is 2.76. The lowest BCUT2D eigenvalue weighted by Crippen LogP contribution is -2.45. The maximum absolute atomic E-state index is 11.7. The number of carboxylic acids is 1. The minimum absolute atomic E-state index is 0.0326. The smallest absolute Gasteiger partial charge is 0.323 e. The first-order valence-electron chi connectivity index (χ1n) is 6.56. The Kier molecular flexibility index (Phi) is 6.11. The van der Waals surface area contributed by atoms with Crippen molar-refractivity contribution in [2.45, 2.75) is 26.2 Å². The maximum Gasteiger partial charge on any atom is 0.323 e. The fraction of sp³-hybridized carbons (Fsp3) is 0.750. The molecule has 0 bridgehead atoms. The normalized spacial score (nSPS) is 13.7. The fourth-order valence-electron chi connectivity index (χ4n) is 1.64. The minimum Gasteiger partial charge on any atom is -0.480 e. The van der Waals surface area contributed by atoms with Crippen LogP contribution in [0.25, 0.3) is 0 Å². The van der Waals surface area contributed by atoms with Crippen molar-refractivity contribution in [2.75, 3.05) is 26.2 Å². The van der Waals surface area contributed by atoms with Crippen LogP contribution in [0.4, 0.5) is 4.79 Å². The Bertz CT molecular complexity index is 342. The van der Waals surface area contributed by atoms with Crippen molar-refractivity contribution >= 4 is 17.9 Å². The number of carbonyl (C=O) groups is 3. The summed E-state index contributed by atoms with van der Waals surface area (Å²) >= 11 is 0. The summed E-state index contributed by atoms with van der Waals surface area (Å²) in [5.41, 5.74) is 0. The molecule has 1 rings (SSSR count). The molecule has 7 nitrogen and oxygen atoms in total. The Balaban J connectivity index is 2.19. The van der Waals surface area contributed by atoms with Crippen LogP contribution in [0, 0.1) is 5.92 Å². The number of aliphatic carboxylic acids is 1. The van der Waals surface area contributed by atoms with Crippen molar-refractivity contribution < 1.29 is 19.5 Å². The average molecular weight is 271 g/mol. The van der Waals surface area contributed by atoms with Crippen LogP contribution < -0.4 is 10.6 Å². The first-order valence-corrected chi connectivity index (χ1v) is 6.56. The van der Waals surface area contributed by atoms with Crippen molar-refractivity contribution in [3.8, 4) is 0 Å². The zero-order chi connectivity index (χ0) is 14.3. The van der Waals surface area contributed by atoms with E-state index in [4.69, 9.17) is 5.11 Å². The maximum atomic E-state index is 11.7. The van der Waals surface area contributed by atoms with Gasteiger partial charge >= 0.3 is 12.0 Å². The van der Waals surface area contributed by atoms with Gasteiger partial charge in [0.25, 0.3) is 0 Å². The van der Waals surface area contributed by atoms with Crippen molar-refractivity contribution in [1.29, 1.82) is 0 Å². The molecule has 0 unspecified atom stereocenters. The molecular formula is C12H21N3O4. The number of urea groups is 1. The molecule has 7 heteroatoms. The van der Waals surface area contributed by atoms with E-state index in [2.05, 4.69) is 10.6 Å². The van der Waals surface area contributed by atoms with Crippen LogP contribution in [-0.4, -0.2) is 54.1 Å². The Morgan fingerprint density at radius 2 is 1.84 bits per heavy atom. The second-order valence-electron chi connectivity index (χ2n) is 4.61. The van der Waals surface area contributed by atoms with Gasteiger partial charge in [0.2, 0.25) is 5.91 Å². The molecule has 0 atom stereocenters. The predicted octanol–water partition coefficient (Wildman–Crippen LogP) is 0.0188. The third kappa shape index (κ3) is 6.08. The van der Waals surface area contributed by atoms with Crippen molar-refractivity contribution in [3.63, 3.8) is 0 Å². The highest BCUT2D eigenvalue weighted by Crippen LogP contribution is 2.28. The first kappa shape index (κ1) is 15.3. The molecule has 0 saturated heterocycles. The van der Waals surface area contributed by atoms with Crippen molar-refractivity contribution in [1.82, 2.24) is 15.5 Å². The predicted molar refractivity (Wildman–Crippen MR) is 68.6 cm³/mol. The number of carboxylic acid groups (broad SMARTS) is 1. The molecule has 0 aliphatic heterocycles. The van der Waals surface area contributed by atoms with Crippen LogP contribution in [0.15, 0.2) is 0 Å². The summed E-state index contributed by atoms with van der Waals surface area (Å²) in [6.07, 6.45) is 2.58. The quantitative estimate of drug-likeness (QED) is 0.542. The zero-order valence-corrected chi connectivity index (χ0v) is 11.1. The summed E-state index contributed by atoms with van der Waals surface area (Å²) in [5.74, 6) is -0.852. The van der Waals surface area contributed by atoms with Crippen LogP contribution in [-0.2, 0) is 9.59 Å². The van der Waals surface area contributed by atoms with Crippen LogP contribution in [0.5, 0.6) is 0 Å². The van der Waals surface area contributed by atoms with Crippen LogP contribution >= 0.6 is 0 Å². The van der Waals surface area contributed by atoms with E-state index in [1.54, 1.807) is 0 Å². The van der Waals surface area contributed by atoms with Crippen LogP contribution in [0.2, 0.25) is 0 Å². The summed E-state index contributed by atoms with van der Waals surface area (Å²) in [6, 6.07) is -0.412. The second kappa shape index (κ2) is 7.60. The van der Waals surface area contributed by atoms with Crippen LogP contribution in [0.1, 0.15) is 26.2 Å². The summed E-state index contributed by atoms with van der Waals surface area (Å²) in [4.78, 5) is 34.9. The molecule has 0 aromatic heterocycles. The molecule has 1 saturated carbocycles. The molecule has 0 aromatic carbocycles. The first-order chi connectivity index (χ1) is 9.04. The number of amides is 3. The molecule has 0 spiro atoms. The van der Waals surface area contributed by atoms with Gasteiger partial charge in [-0.05, 0) is 19.3 Å². The van der Waals surface area contributed by atoms with Gasteiger partial charge < -0.3 is 20.6 Å². The summed E-state index contributed by atoms with van der Waals surface area (Å²) in [5, 5.41) is 14.0. The van der Waals surface area contributed by atoms with E-state index in [-0.39, 0.29) is 18.4 Å². The van der Waals surface area contributed by atoms with Gasteiger partial charge in [-0.3, -0.25) is 9.59 Å². The molecular weight excluding hydrogens is 250 g/mol. The molecule has 0 heterocycles. The topological polar surface area (TPSA) is 98.7 Å². The van der Waals surface area contributed by atoms with Crippen molar-refractivity contribution in [3.05, 3.63) is 0 Å². The van der Waals surface area contributed by atoms with Gasteiger partial charge in [-0.2, -0.15) is 0 Å². The van der Waals surface area contributed by atoms with E-state index < -0.39 is 12.0 Å². The van der Waals surface area contributed by atoms with Gasteiger partial charge in [0, 0.05) is 25.6 Å². The lowest BCUT2D eigenvalue weighted by atomic mass is 10.4. The largest absolute Gasteiger partial charge is 0.480 e. The number of rotatable bonds is 8. The van der Waals surface area contributed by atoms with E-state index >= 15 is 0 Å². The number of nitrogens with zero attached hydrogens (tertiary/aromatic N) is 1. The van der Waals surface area contributed by atoms with Gasteiger partial charge in [0.15, 0.2) is 0 Å². The lowest BCUT2D eigenvalue weighted by molar-refractivity contribution is -0.137. The summed E-state index contributed by atoms with van der Waals surface area (Å²) in [7, 11) is 0. The Hall–Kier alpha value is -1.79. The van der Waals surface area contributed by atoms with Gasteiger partial charge in [0.1, 0.15) is 6.54 Å². The fourth-order valence-corrected chi connectivity index (χ4v) is 1.64. The van der Waals surface area contributed by atoms with Crippen LogP contribution in [0.3, 0.4) is 0 Å². The number of carbonyl (C=O) groups excluding carboxylic acids is 2. The highest BCUT2D eigenvalue weighted by Gasteiger charge is 2.29. The summed E-state index contributed by atoms with van der Waals surface area (Å²) < 4.78 is 0.